The molecule has 1 aliphatic rings. The van der Waals surface area contributed by atoms with E-state index in [1.165, 1.54) is 11.3 Å². The normalized spacial score (nSPS) is 14.3. The molecule has 0 atom stereocenters. The third-order valence-electron chi connectivity index (χ3n) is 5.80. The molecule has 1 aliphatic carbocycles. The quantitative estimate of drug-likeness (QED) is 0.326. The molecular formula is C26H18N2O3S. The predicted molar refractivity (Wildman–Crippen MR) is 127 cm³/mol. The smallest absolute Gasteiger partial charge is 0.205 e. The van der Waals surface area contributed by atoms with Gasteiger partial charge in [-0.15, -0.1) is 11.3 Å². The monoisotopic (exact) mass is 438 g/mol. The fraction of sp³-hybridized carbons (Fsp3) is 0.0769. The number of fused-ring (bicyclic) bond motifs is 2. The molecule has 32 heavy (non-hydrogen) atoms. The number of benzene rings is 1. The van der Waals surface area contributed by atoms with E-state index in [2.05, 4.69) is 0 Å². The van der Waals surface area contributed by atoms with Crippen LogP contribution in [0.25, 0.3) is 33.2 Å². The highest BCUT2D eigenvalue weighted by Crippen LogP contribution is 2.47. The fourth-order valence-electron chi connectivity index (χ4n) is 4.34. The van der Waals surface area contributed by atoms with Gasteiger partial charge in [-0.25, -0.2) is 4.98 Å². The summed E-state index contributed by atoms with van der Waals surface area (Å²) in [5, 5.41) is 0.794. The Morgan fingerprint density at radius 2 is 1.81 bits per heavy atom. The largest absolute Gasteiger partial charge is 0.465 e. The van der Waals surface area contributed by atoms with Gasteiger partial charge in [0.05, 0.1) is 23.9 Å². The highest BCUT2D eigenvalue weighted by Gasteiger charge is 2.30. The molecule has 0 bridgehead atoms. The van der Waals surface area contributed by atoms with Crippen LogP contribution in [0.5, 0.6) is 0 Å². The van der Waals surface area contributed by atoms with E-state index in [0.717, 1.165) is 57.0 Å². The zero-order valence-corrected chi connectivity index (χ0v) is 17.8. The molecule has 0 radical (unpaired) electrons. The molecule has 0 saturated carbocycles. The number of rotatable bonds is 4. The van der Waals surface area contributed by atoms with Crippen LogP contribution in [0.2, 0.25) is 0 Å². The van der Waals surface area contributed by atoms with Crippen molar-refractivity contribution in [3.63, 3.8) is 0 Å². The molecule has 2 N–H and O–H groups in total. The standard InChI is InChI=1S/C26H18N2O3S/c27-22-21-20(19-9-5-13-31-19)18-11-10-16(14-17-8-4-12-30-17)23(18)28-26(21)32-25(22)24(29)15-6-2-1-3-7-15/h1-9,12-14H,10-11,27H2/b16-14+. The van der Waals surface area contributed by atoms with Gasteiger partial charge in [0, 0.05) is 16.5 Å². The molecule has 0 saturated heterocycles. The third kappa shape index (κ3) is 2.92. The maximum atomic E-state index is 13.2. The summed E-state index contributed by atoms with van der Waals surface area (Å²) in [6.45, 7) is 0. The van der Waals surface area contributed by atoms with Crippen LogP contribution < -0.4 is 5.73 Å². The topological polar surface area (TPSA) is 82.3 Å². The van der Waals surface area contributed by atoms with E-state index in [4.69, 9.17) is 19.6 Å². The third-order valence-corrected chi connectivity index (χ3v) is 6.89. The number of hydrogen-bond donors (Lipinski definition) is 1. The van der Waals surface area contributed by atoms with Crippen molar-refractivity contribution < 1.29 is 13.6 Å². The van der Waals surface area contributed by atoms with Gasteiger partial charge in [-0.3, -0.25) is 4.79 Å². The number of anilines is 1. The number of ketones is 1. The van der Waals surface area contributed by atoms with Crippen LogP contribution in [0.3, 0.4) is 0 Å². The summed E-state index contributed by atoms with van der Waals surface area (Å²) < 4.78 is 11.3. The maximum absolute atomic E-state index is 13.2. The highest BCUT2D eigenvalue weighted by atomic mass is 32.1. The lowest BCUT2D eigenvalue weighted by atomic mass is 9.99. The van der Waals surface area contributed by atoms with Crippen LogP contribution in [0.4, 0.5) is 5.69 Å². The number of allylic oxidation sites excluding steroid dienone is 1. The van der Waals surface area contributed by atoms with E-state index in [0.29, 0.717) is 16.1 Å². The van der Waals surface area contributed by atoms with Gasteiger partial charge >= 0.3 is 0 Å². The van der Waals surface area contributed by atoms with Crippen LogP contribution in [0, 0.1) is 0 Å². The highest BCUT2D eigenvalue weighted by molar-refractivity contribution is 7.21. The van der Waals surface area contributed by atoms with Crippen LogP contribution in [-0.2, 0) is 6.42 Å². The van der Waals surface area contributed by atoms with Gasteiger partial charge in [-0.05, 0) is 54.3 Å². The van der Waals surface area contributed by atoms with Crippen molar-refractivity contribution in [3.8, 4) is 11.3 Å². The Balaban J connectivity index is 1.60. The van der Waals surface area contributed by atoms with Crippen LogP contribution >= 0.6 is 11.3 Å². The molecule has 6 heteroatoms. The summed E-state index contributed by atoms with van der Waals surface area (Å²) in [6, 6.07) is 16.8. The number of nitrogens with zero attached hydrogens (tertiary/aromatic N) is 1. The minimum Gasteiger partial charge on any atom is -0.465 e. The van der Waals surface area contributed by atoms with Crippen LogP contribution in [0.1, 0.15) is 38.7 Å². The maximum Gasteiger partial charge on any atom is 0.205 e. The molecule has 1 aromatic carbocycles. The number of aromatic nitrogens is 1. The Hall–Kier alpha value is -3.90. The van der Waals surface area contributed by atoms with E-state index < -0.39 is 0 Å². The summed E-state index contributed by atoms with van der Waals surface area (Å²) in [7, 11) is 0. The minimum absolute atomic E-state index is 0.0944. The molecule has 0 fully saturated rings. The van der Waals surface area contributed by atoms with Crippen LogP contribution in [-0.4, -0.2) is 10.8 Å². The lowest BCUT2D eigenvalue weighted by Gasteiger charge is -2.09. The number of thiophene rings is 1. The molecule has 5 nitrogen and oxygen atoms in total. The average molecular weight is 439 g/mol. The Kier molecular flexibility index (Phi) is 4.33. The van der Waals surface area contributed by atoms with Gasteiger partial charge in [-0.1, -0.05) is 30.3 Å². The molecule has 4 aromatic heterocycles. The first-order valence-electron chi connectivity index (χ1n) is 10.3. The fourth-order valence-corrected chi connectivity index (χ4v) is 5.41. The van der Waals surface area contributed by atoms with Crippen molar-refractivity contribution >= 4 is 44.7 Å². The zero-order valence-electron chi connectivity index (χ0n) is 17.0. The molecule has 156 valence electrons. The Morgan fingerprint density at radius 1 is 1.00 bits per heavy atom. The number of pyridine rings is 1. The van der Waals surface area contributed by atoms with Crippen molar-refractivity contribution in [2.24, 2.45) is 0 Å². The number of hydrogen-bond acceptors (Lipinski definition) is 6. The summed E-state index contributed by atoms with van der Waals surface area (Å²) in [6.07, 6.45) is 7.02. The van der Waals surface area contributed by atoms with Gasteiger partial charge in [-0.2, -0.15) is 0 Å². The molecule has 4 heterocycles. The van der Waals surface area contributed by atoms with Gasteiger partial charge in [0.1, 0.15) is 21.2 Å². The van der Waals surface area contributed by atoms with E-state index in [1.807, 2.05) is 48.5 Å². The second kappa shape index (κ2) is 7.35. The molecule has 0 amide bonds. The van der Waals surface area contributed by atoms with Gasteiger partial charge in [0.2, 0.25) is 5.78 Å². The Bertz CT molecular complexity index is 1480. The SMILES string of the molecule is Nc1c(C(=O)c2ccccc2)sc2nc3c(c(-c4ccco4)c12)CC/C3=C\c1ccco1. The number of nitrogen functional groups attached to an aromatic ring is 1. The van der Waals surface area contributed by atoms with E-state index in [-0.39, 0.29) is 5.78 Å². The minimum atomic E-state index is -0.0944. The second-order valence-electron chi connectivity index (χ2n) is 7.70. The summed E-state index contributed by atoms with van der Waals surface area (Å²) in [4.78, 5) is 19.4. The zero-order chi connectivity index (χ0) is 21.7. The van der Waals surface area contributed by atoms with Crippen molar-refractivity contribution in [2.75, 3.05) is 5.73 Å². The first-order valence-corrected chi connectivity index (χ1v) is 11.2. The molecule has 0 spiro atoms. The van der Waals surface area contributed by atoms with Crippen molar-refractivity contribution in [1.82, 2.24) is 4.98 Å². The number of furan rings is 2. The number of nitrogens with two attached hydrogens (primary N) is 1. The van der Waals surface area contributed by atoms with Crippen molar-refractivity contribution in [2.45, 2.75) is 12.8 Å². The summed E-state index contributed by atoms with van der Waals surface area (Å²) in [5.41, 5.74) is 11.7. The molecule has 5 aromatic rings. The van der Waals surface area contributed by atoms with Gasteiger partial charge < -0.3 is 14.6 Å². The second-order valence-corrected chi connectivity index (χ2v) is 8.70. The van der Waals surface area contributed by atoms with Crippen molar-refractivity contribution in [1.29, 1.82) is 0 Å². The van der Waals surface area contributed by atoms with Gasteiger partial charge in [0.25, 0.3) is 0 Å². The molecule has 0 unspecified atom stereocenters. The van der Waals surface area contributed by atoms with Crippen LogP contribution in [0.15, 0.2) is 76.0 Å². The number of carbonyl (C=O) groups is 1. The molecule has 0 aliphatic heterocycles. The summed E-state index contributed by atoms with van der Waals surface area (Å²) >= 11 is 1.34. The Morgan fingerprint density at radius 3 is 2.56 bits per heavy atom. The lowest BCUT2D eigenvalue weighted by Crippen LogP contribution is -2.02. The lowest BCUT2D eigenvalue weighted by molar-refractivity contribution is 0.104. The average Bonchev–Trinajstić information content (AvgIpc) is 3.62. The van der Waals surface area contributed by atoms with E-state index in [9.17, 15) is 4.79 Å². The summed E-state index contributed by atoms with van der Waals surface area (Å²) in [5.74, 6) is 1.43. The molecular weight excluding hydrogens is 420 g/mol. The Labute approximate surface area is 187 Å². The van der Waals surface area contributed by atoms with E-state index >= 15 is 0 Å². The molecule has 6 rings (SSSR count). The van der Waals surface area contributed by atoms with Crippen molar-refractivity contribution in [3.05, 3.63) is 94.6 Å². The van der Waals surface area contributed by atoms with E-state index in [1.54, 1.807) is 24.7 Å². The first-order chi connectivity index (χ1) is 15.7. The predicted octanol–water partition coefficient (Wildman–Crippen LogP) is 6.45. The van der Waals surface area contributed by atoms with Gasteiger partial charge in [0.15, 0.2) is 0 Å². The number of carbonyl (C=O) groups excluding carboxylic acids is 1. The first kappa shape index (κ1) is 18.8.